The van der Waals surface area contributed by atoms with E-state index in [-0.39, 0.29) is 11.9 Å². The second kappa shape index (κ2) is 5.81. The Kier molecular flexibility index (Phi) is 4.66. The van der Waals surface area contributed by atoms with Crippen molar-refractivity contribution in [3.8, 4) is 0 Å². The van der Waals surface area contributed by atoms with Gasteiger partial charge in [-0.05, 0) is 18.8 Å². The Morgan fingerprint density at radius 1 is 1.57 bits per heavy atom. The predicted octanol–water partition coefficient (Wildman–Crippen LogP) is 1.20. The Morgan fingerprint density at radius 2 is 2.21 bits per heavy atom. The SMILES string of the molecule is C=CCC(=O)NC(CN)C1CCCC1. The second-order valence-electron chi connectivity index (χ2n) is 3.95. The maximum absolute atomic E-state index is 11.3. The van der Waals surface area contributed by atoms with Crippen LogP contribution in [0.4, 0.5) is 0 Å². The van der Waals surface area contributed by atoms with E-state index < -0.39 is 0 Å². The highest BCUT2D eigenvalue weighted by Gasteiger charge is 2.24. The van der Waals surface area contributed by atoms with Crippen LogP contribution < -0.4 is 11.1 Å². The van der Waals surface area contributed by atoms with Gasteiger partial charge in [-0.3, -0.25) is 4.79 Å². The fourth-order valence-corrected chi connectivity index (χ4v) is 2.13. The molecule has 3 nitrogen and oxygen atoms in total. The van der Waals surface area contributed by atoms with E-state index in [4.69, 9.17) is 5.73 Å². The molecule has 0 heterocycles. The number of carbonyl (C=O) groups is 1. The molecule has 0 radical (unpaired) electrons. The number of nitrogens with two attached hydrogens (primary N) is 1. The molecule has 1 rings (SSSR count). The van der Waals surface area contributed by atoms with Gasteiger partial charge in [-0.2, -0.15) is 0 Å². The zero-order chi connectivity index (χ0) is 10.4. The summed E-state index contributed by atoms with van der Waals surface area (Å²) in [5, 5.41) is 2.97. The van der Waals surface area contributed by atoms with Crippen LogP contribution in [0.15, 0.2) is 12.7 Å². The van der Waals surface area contributed by atoms with Gasteiger partial charge in [0.1, 0.15) is 0 Å². The third-order valence-electron chi connectivity index (χ3n) is 2.90. The van der Waals surface area contributed by atoms with Gasteiger partial charge in [0.25, 0.3) is 0 Å². The van der Waals surface area contributed by atoms with Crippen LogP contribution in [0.25, 0.3) is 0 Å². The van der Waals surface area contributed by atoms with Gasteiger partial charge in [-0.1, -0.05) is 18.9 Å². The quantitative estimate of drug-likeness (QED) is 0.649. The van der Waals surface area contributed by atoms with Crippen molar-refractivity contribution < 1.29 is 4.79 Å². The van der Waals surface area contributed by atoms with Crippen molar-refractivity contribution in [3.63, 3.8) is 0 Å². The van der Waals surface area contributed by atoms with E-state index in [9.17, 15) is 4.79 Å². The summed E-state index contributed by atoms with van der Waals surface area (Å²) < 4.78 is 0. The van der Waals surface area contributed by atoms with Crippen molar-refractivity contribution in [1.82, 2.24) is 5.32 Å². The van der Waals surface area contributed by atoms with E-state index in [1.807, 2.05) is 0 Å². The van der Waals surface area contributed by atoms with Crippen LogP contribution in [0.1, 0.15) is 32.1 Å². The number of hydrogen-bond donors (Lipinski definition) is 2. The van der Waals surface area contributed by atoms with Gasteiger partial charge < -0.3 is 11.1 Å². The first-order chi connectivity index (χ1) is 6.77. The highest BCUT2D eigenvalue weighted by molar-refractivity contribution is 5.77. The molecule has 1 aliphatic rings. The van der Waals surface area contributed by atoms with E-state index in [2.05, 4.69) is 11.9 Å². The third-order valence-corrected chi connectivity index (χ3v) is 2.90. The topological polar surface area (TPSA) is 55.1 Å². The zero-order valence-corrected chi connectivity index (χ0v) is 8.67. The number of amides is 1. The van der Waals surface area contributed by atoms with Crippen molar-refractivity contribution in [1.29, 1.82) is 0 Å². The molecule has 1 atom stereocenters. The molecule has 0 aliphatic heterocycles. The molecule has 1 aliphatic carbocycles. The van der Waals surface area contributed by atoms with E-state index >= 15 is 0 Å². The zero-order valence-electron chi connectivity index (χ0n) is 8.67. The maximum atomic E-state index is 11.3. The Bertz CT molecular complexity index is 197. The molecular weight excluding hydrogens is 176 g/mol. The normalized spacial score (nSPS) is 19.2. The van der Waals surface area contributed by atoms with Crippen LogP contribution in [-0.2, 0) is 4.79 Å². The molecule has 3 N–H and O–H groups in total. The van der Waals surface area contributed by atoms with Gasteiger partial charge in [0.2, 0.25) is 5.91 Å². The lowest BCUT2D eigenvalue weighted by Gasteiger charge is -2.22. The van der Waals surface area contributed by atoms with Gasteiger partial charge in [-0.25, -0.2) is 0 Å². The lowest BCUT2D eigenvalue weighted by Crippen LogP contribution is -2.44. The molecule has 0 aromatic heterocycles. The van der Waals surface area contributed by atoms with Crippen molar-refractivity contribution in [2.24, 2.45) is 11.7 Å². The number of carbonyl (C=O) groups excluding carboxylic acids is 1. The van der Waals surface area contributed by atoms with Crippen LogP contribution in [0, 0.1) is 5.92 Å². The van der Waals surface area contributed by atoms with Crippen molar-refractivity contribution in [2.45, 2.75) is 38.1 Å². The van der Waals surface area contributed by atoms with Crippen molar-refractivity contribution in [2.75, 3.05) is 6.54 Å². The second-order valence-corrected chi connectivity index (χ2v) is 3.95. The molecule has 1 amide bonds. The molecule has 0 aromatic rings. The minimum Gasteiger partial charge on any atom is -0.352 e. The number of hydrogen-bond acceptors (Lipinski definition) is 2. The molecule has 3 heteroatoms. The minimum absolute atomic E-state index is 0.0438. The van der Waals surface area contributed by atoms with Crippen molar-refractivity contribution in [3.05, 3.63) is 12.7 Å². The first kappa shape index (κ1) is 11.2. The molecule has 80 valence electrons. The maximum Gasteiger partial charge on any atom is 0.224 e. The van der Waals surface area contributed by atoms with Crippen LogP contribution in [0.3, 0.4) is 0 Å². The molecular formula is C11H20N2O. The van der Waals surface area contributed by atoms with Crippen LogP contribution in [0.5, 0.6) is 0 Å². The Morgan fingerprint density at radius 3 is 2.71 bits per heavy atom. The average molecular weight is 196 g/mol. The number of nitrogens with one attached hydrogen (secondary N) is 1. The van der Waals surface area contributed by atoms with Gasteiger partial charge in [-0.15, -0.1) is 6.58 Å². The summed E-state index contributed by atoms with van der Waals surface area (Å²) in [5.74, 6) is 0.635. The van der Waals surface area contributed by atoms with Gasteiger partial charge in [0.05, 0.1) is 0 Å². The monoisotopic (exact) mass is 196 g/mol. The fraction of sp³-hybridized carbons (Fsp3) is 0.727. The van der Waals surface area contributed by atoms with Gasteiger partial charge in [0, 0.05) is 19.0 Å². The van der Waals surface area contributed by atoms with Crippen LogP contribution in [0.2, 0.25) is 0 Å². The molecule has 1 fully saturated rings. The van der Waals surface area contributed by atoms with Gasteiger partial charge >= 0.3 is 0 Å². The standard InChI is InChI=1S/C11H20N2O/c1-2-5-11(14)13-10(8-12)9-6-3-4-7-9/h2,9-10H,1,3-8,12H2,(H,13,14). The highest BCUT2D eigenvalue weighted by Crippen LogP contribution is 2.27. The summed E-state index contributed by atoms with van der Waals surface area (Å²) in [5.41, 5.74) is 5.66. The summed E-state index contributed by atoms with van der Waals surface area (Å²) in [6, 6.07) is 0.171. The van der Waals surface area contributed by atoms with Gasteiger partial charge in [0.15, 0.2) is 0 Å². The van der Waals surface area contributed by atoms with Crippen LogP contribution >= 0.6 is 0 Å². The van der Waals surface area contributed by atoms with E-state index in [0.717, 1.165) is 0 Å². The average Bonchev–Trinajstić information content (AvgIpc) is 2.67. The first-order valence-corrected chi connectivity index (χ1v) is 5.38. The lowest BCUT2D eigenvalue weighted by atomic mass is 9.98. The summed E-state index contributed by atoms with van der Waals surface area (Å²) in [4.78, 5) is 11.3. The molecule has 0 aromatic carbocycles. The molecule has 14 heavy (non-hydrogen) atoms. The molecule has 0 spiro atoms. The Balaban J connectivity index is 2.37. The summed E-state index contributed by atoms with van der Waals surface area (Å²) in [6.45, 7) is 4.09. The minimum atomic E-state index is 0.0438. The molecule has 1 saturated carbocycles. The summed E-state index contributed by atoms with van der Waals surface area (Å²) in [7, 11) is 0. The van der Waals surface area contributed by atoms with E-state index in [1.54, 1.807) is 6.08 Å². The summed E-state index contributed by atoms with van der Waals surface area (Å²) >= 11 is 0. The predicted molar refractivity (Wildman–Crippen MR) is 57.8 cm³/mol. The van der Waals surface area contributed by atoms with E-state index in [0.29, 0.717) is 18.9 Å². The fourth-order valence-electron chi connectivity index (χ4n) is 2.13. The summed E-state index contributed by atoms with van der Waals surface area (Å²) in [6.07, 6.45) is 6.98. The smallest absolute Gasteiger partial charge is 0.224 e. The Labute approximate surface area is 85.7 Å². The Hall–Kier alpha value is -0.830. The lowest BCUT2D eigenvalue weighted by molar-refractivity contribution is -0.121. The van der Waals surface area contributed by atoms with Crippen LogP contribution in [-0.4, -0.2) is 18.5 Å². The molecule has 0 saturated heterocycles. The number of rotatable bonds is 5. The highest BCUT2D eigenvalue weighted by atomic mass is 16.1. The van der Waals surface area contributed by atoms with E-state index in [1.165, 1.54) is 25.7 Å². The first-order valence-electron chi connectivity index (χ1n) is 5.38. The molecule has 1 unspecified atom stereocenters. The molecule has 0 bridgehead atoms. The third kappa shape index (κ3) is 3.14. The van der Waals surface area contributed by atoms with Crippen molar-refractivity contribution >= 4 is 5.91 Å². The largest absolute Gasteiger partial charge is 0.352 e.